The van der Waals surface area contributed by atoms with Crippen LogP contribution in [0.3, 0.4) is 0 Å². The topological polar surface area (TPSA) is 63.8 Å². The Labute approximate surface area is 127 Å². The number of para-hydroxylation sites is 1. The molecule has 0 aliphatic heterocycles. The van der Waals surface area contributed by atoms with Crippen molar-refractivity contribution in [3.05, 3.63) is 65.9 Å². The van der Waals surface area contributed by atoms with Crippen LogP contribution in [0.1, 0.15) is 0 Å². The third kappa shape index (κ3) is 2.80. The van der Waals surface area contributed by atoms with E-state index in [0.29, 0.717) is 10.8 Å². The van der Waals surface area contributed by atoms with Crippen molar-refractivity contribution in [1.82, 2.24) is 9.97 Å². The van der Waals surface area contributed by atoms with Gasteiger partial charge in [-0.2, -0.15) is 0 Å². The fourth-order valence-electron chi connectivity index (χ4n) is 2.06. The van der Waals surface area contributed by atoms with Crippen LogP contribution in [0.4, 0.5) is 17.3 Å². The predicted molar refractivity (Wildman–Crippen MR) is 86.6 cm³/mol. The molecule has 1 aromatic heterocycles. The van der Waals surface area contributed by atoms with E-state index in [9.17, 15) is 0 Å². The lowest BCUT2D eigenvalue weighted by Gasteiger charge is -2.12. The van der Waals surface area contributed by atoms with Crippen molar-refractivity contribution in [2.75, 3.05) is 11.1 Å². The van der Waals surface area contributed by atoms with E-state index in [1.165, 1.54) is 6.33 Å². The van der Waals surface area contributed by atoms with Crippen LogP contribution in [0.15, 0.2) is 60.9 Å². The molecule has 3 rings (SSSR count). The van der Waals surface area contributed by atoms with Gasteiger partial charge >= 0.3 is 0 Å². The van der Waals surface area contributed by atoms with Crippen molar-refractivity contribution < 1.29 is 0 Å². The molecular weight excluding hydrogens is 284 g/mol. The van der Waals surface area contributed by atoms with Gasteiger partial charge in [0.1, 0.15) is 17.2 Å². The monoisotopic (exact) mass is 296 g/mol. The third-order valence-corrected chi connectivity index (χ3v) is 3.45. The molecule has 0 amide bonds. The molecule has 0 saturated heterocycles. The van der Waals surface area contributed by atoms with Gasteiger partial charge in [-0.25, -0.2) is 9.97 Å². The Morgan fingerprint density at radius 1 is 0.905 bits per heavy atom. The molecule has 0 bridgehead atoms. The normalized spacial score (nSPS) is 10.3. The minimum Gasteiger partial charge on any atom is -0.382 e. The number of rotatable bonds is 3. The SMILES string of the molecule is Nc1ncnc(Nc2ccccc2-c2ccccc2)c1Cl. The molecule has 5 heteroatoms. The maximum atomic E-state index is 6.13. The summed E-state index contributed by atoms with van der Waals surface area (Å²) in [5.74, 6) is 0.749. The number of nitrogens with two attached hydrogens (primary N) is 1. The van der Waals surface area contributed by atoms with Gasteiger partial charge in [-0.3, -0.25) is 0 Å². The molecular formula is C16H13ClN4. The molecule has 0 spiro atoms. The number of halogens is 1. The highest BCUT2D eigenvalue weighted by Gasteiger charge is 2.09. The lowest BCUT2D eigenvalue weighted by Crippen LogP contribution is -2.00. The fourth-order valence-corrected chi connectivity index (χ4v) is 2.20. The molecule has 0 aliphatic rings. The molecule has 21 heavy (non-hydrogen) atoms. The van der Waals surface area contributed by atoms with Crippen LogP contribution in [0.5, 0.6) is 0 Å². The van der Waals surface area contributed by atoms with Crippen LogP contribution in [0.25, 0.3) is 11.1 Å². The zero-order valence-corrected chi connectivity index (χ0v) is 11.9. The first kappa shape index (κ1) is 13.4. The quantitative estimate of drug-likeness (QED) is 0.763. The summed E-state index contributed by atoms with van der Waals surface area (Å²) in [6.45, 7) is 0. The Balaban J connectivity index is 2.02. The Kier molecular flexibility index (Phi) is 3.71. The van der Waals surface area contributed by atoms with Crippen LogP contribution in [-0.2, 0) is 0 Å². The van der Waals surface area contributed by atoms with Gasteiger partial charge in [0, 0.05) is 11.3 Å². The number of nitrogens with one attached hydrogen (secondary N) is 1. The number of anilines is 3. The molecule has 3 aromatic rings. The average Bonchev–Trinajstić information content (AvgIpc) is 2.53. The maximum absolute atomic E-state index is 6.13. The van der Waals surface area contributed by atoms with Crippen molar-refractivity contribution in [3.63, 3.8) is 0 Å². The number of nitrogens with zero attached hydrogens (tertiary/aromatic N) is 2. The fraction of sp³-hybridized carbons (Fsp3) is 0. The smallest absolute Gasteiger partial charge is 0.154 e. The molecule has 4 nitrogen and oxygen atoms in total. The minimum absolute atomic E-state index is 0.256. The van der Waals surface area contributed by atoms with Crippen molar-refractivity contribution >= 4 is 28.9 Å². The average molecular weight is 297 g/mol. The van der Waals surface area contributed by atoms with E-state index in [4.69, 9.17) is 17.3 Å². The summed E-state index contributed by atoms with van der Waals surface area (Å²) in [5, 5.41) is 3.54. The molecule has 0 unspecified atom stereocenters. The van der Waals surface area contributed by atoms with E-state index >= 15 is 0 Å². The molecule has 1 heterocycles. The highest BCUT2D eigenvalue weighted by Crippen LogP contribution is 2.32. The maximum Gasteiger partial charge on any atom is 0.154 e. The van der Waals surface area contributed by atoms with E-state index in [1.54, 1.807) is 0 Å². The van der Waals surface area contributed by atoms with Crippen LogP contribution in [0.2, 0.25) is 5.02 Å². The van der Waals surface area contributed by atoms with Gasteiger partial charge in [0.15, 0.2) is 5.82 Å². The van der Waals surface area contributed by atoms with Crippen LogP contribution >= 0.6 is 11.6 Å². The second-order valence-corrected chi connectivity index (χ2v) is 4.84. The zero-order valence-electron chi connectivity index (χ0n) is 11.1. The van der Waals surface area contributed by atoms with Crippen LogP contribution < -0.4 is 11.1 Å². The number of aromatic nitrogens is 2. The lowest BCUT2D eigenvalue weighted by molar-refractivity contribution is 1.18. The minimum atomic E-state index is 0.256. The van der Waals surface area contributed by atoms with Gasteiger partial charge in [0.05, 0.1) is 0 Å². The van der Waals surface area contributed by atoms with Crippen LogP contribution in [-0.4, -0.2) is 9.97 Å². The van der Waals surface area contributed by atoms with Gasteiger partial charge in [0.2, 0.25) is 0 Å². The molecule has 0 fully saturated rings. The van der Waals surface area contributed by atoms with Gasteiger partial charge in [-0.1, -0.05) is 60.1 Å². The second kappa shape index (κ2) is 5.81. The van der Waals surface area contributed by atoms with Crippen molar-refractivity contribution in [1.29, 1.82) is 0 Å². The Morgan fingerprint density at radius 2 is 1.62 bits per heavy atom. The molecule has 0 saturated carbocycles. The number of hydrogen-bond donors (Lipinski definition) is 2. The van der Waals surface area contributed by atoms with Gasteiger partial charge in [-0.15, -0.1) is 0 Å². The zero-order chi connectivity index (χ0) is 14.7. The summed E-state index contributed by atoms with van der Waals surface area (Å²) < 4.78 is 0. The first-order chi connectivity index (χ1) is 10.3. The highest BCUT2D eigenvalue weighted by atomic mass is 35.5. The molecule has 0 atom stereocenters. The van der Waals surface area contributed by atoms with E-state index in [2.05, 4.69) is 27.4 Å². The first-order valence-corrected chi connectivity index (χ1v) is 6.81. The van der Waals surface area contributed by atoms with E-state index in [-0.39, 0.29) is 5.82 Å². The highest BCUT2D eigenvalue weighted by molar-refractivity contribution is 6.35. The summed E-state index contributed by atoms with van der Waals surface area (Å²) in [5.41, 5.74) is 8.78. The molecule has 0 radical (unpaired) electrons. The lowest BCUT2D eigenvalue weighted by atomic mass is 10.0. The molecule has 104 valence electrons. The Hall–Kier alpha value is -2.59. The second-order valence-electron chi connectivity index (χ2n) is 4.46. The van der Waals surface area contributed by atoms with E-state index < -0.39 is 0 Å². The third-order valence-electron chi connectivity index (χ3n) is 3.08. The summed E-state index contributed by atoms with van der Waals surface area (Å²) in [4.78, 5) is 7.99. The largest absolute Gasteiger partial charge is 0.382 e. The molecule has 0 aliphatic carbocycles. The van der Waals surface area contributed by atoms with Crippen molar-refractivity contribution in [2.24, 2.45) is 0 Å². The summed E-state index contributed by atoms with van der Waals surface area (Å²) in [6.07, 6.45) is 1.38. The standard InChI is InChI=1S/C16H13ClN4/c17-14-15(18)19-10-20-16(14)21-13-9-5-4-8-12(13)11-6-2-1-3-7-11/h1-10H,(H3,18,19,20,21). The summed E-state index contributed by atoms with van der Waals surface area (Å²) in [6, 6.07) is 18.0. The predicted octanol–water partition coefficient (Wildman–Crippen LogP) is 4.12. The van der Waals surface area contributed by atoms with E-state index in [0.717, 1.165) is 16.8 Å². The Bertz CT molecular complexity index is 759. The van der Waals surface area contributed by atoms with Gasteiger partial charge in [-0.05, 0) is 11.6 Å². The summed E-state index contributed by atoms with van der Waals surface area (Å²) >= 11 is 6.13. The Morgan fingerprint density at radius 3 is 2.43 bits per heavy atom. The molecule has 3 N–H and O–H groups in total. The van der Waals surface area contributed by atoms with Crippen LogP contribution in [0, 0.1) is 0 Å². The van der Waals surface area contributed by atoms with Crippen molar-refractivity contribution in [3.8, 4) is 11.1 Å². The van der Waals surface area contributed by atoms with Crippen molar-refractivity contribution in [2.45, 2.75) is 0 Å². The number of nitrogen functional groups attached to an aromatic ring is 1. The number of hydrogen-bond acceptors (Lipinski definition) is 4. The first-order valence-electron chi connectivity index (χ1n) is 6.43. The molecule has 2 aromatic carbocycles. The van der Waals surface area contributed by atoms with Gasteiger partial charge in [0.25, 0.3) is 0 Å². The summed E-state index contributed by atoms with van der Waals surface area (Å²) in [7, 11) is 0. The van der Waals surface area contributed by atoms with E-state index in [1.807, 2.05) is 42.5 Å². The van der Waals surface area contributed by atoms with Gasteiger partial charge < -0.3 is 11.1 Å². The number of benzene rings is 2.